The number of nitrogens with zero attached hydrogens (tertiary/aromatic N) is 2. The zero-order chi connectivity index (χ0) is 14.9. The minimum atomic E-state index is -0.795. The molecule has 0 unspecified atom stereocenters. The number of carbonyl (C=O) groups is 2. The van der Waals surface area contributed by atoms with Crippen molar-refractivity contribution in [3.63, 3.8) is 0 Å². The second-order valence-corrected chi connectivity index (χ2v) is 5.54. The average molecular weight is 276 g/mol. The van der Waals surface area contributed by atoms with Crippen molar-refractivity contribution in [1.82, 2.24) is 15.6 Å². The Balaban J connectivity index is 2.38. The highest BCUT2D eigenvalue weighted by Crippen LogP contribution is 2.27. The zero-order valence-electron chi connectivity index (χ0n) is 12.3. The number of nitrogens with one attached hydrogen (secondary N) is 2. The van der Waals surface area contributed by atoms with Gasteiger partial charge in [0.05, 0.1) is 6.54 Å². The van der Waals surface area contributed by atoms with E-state index in [1.165, 1.54) is 0 Å². The molecule has 1 saturated heterocycles. The van der Waals surface area contributed by atoms with Crippen LogP contribution >= 0.6 is 0 Å². The maximum Gasteiger partial charge on any atom is 0.251 e. The van der Waals surface area contributed by atoms with Crippen LogP contribution in [0.15, 0.2) is 12.3 Å². The van der Waals surface area contributed by atoms with Gasteiger partial charge in [-0.1, -0.05) is 0 Å². The molecule has 2 heterocycles. The Hall–Kier alpha value is -1.95. The van der Waals surface area contributed by atoms with Crippen molar-refractivity contribution in [2.45, 2.75) is 32.9 Å². The highest BCUT2D eigenvalue weighted by atomic mass is 16.2. The monoisotopic (exact) mass is 276 g/mol. The molecule has 0 aromatic carbocycles. The third-order valence-electron chi connectivity index (χ3n) is 3.53. The molecule has 1 fully saturated rings. The average Bonchev–Trinajstić information content (AvgIpc) is 2.35. The van der Waals surface area contributed by atoms with E-state index in [1.807, 2.05) is 20.0 Å². The predicted octanol–water partition coefficient (Wildman–Crippen LogP) is 0.351. The molecule has 1 aliphatic heterocycles. The number of imide groups is 1. The Labute approximate surface area is 118 Å². The first kappa shape index (κ1) is 14.5. The van der Waals surface area contributed by atoms with Crippen molar-refractivity contribution in [3.8, 4) is 0 Å². The molecule has 20 heavy (non-hydrogen) atoms. The molecule has 1 aromatic heterocycles. The number of amides is 2. The molecule has 2 amide bonds. The Morgan fingerprint density at radius 3 is 2.75 bits per heavy atom. The van der Waals surface area contributed by atoms with Crippen molar-refractivity contribution < 1.29 is 9.59 Å². The van der Waals surface area contributed by atoms with Gasteiger partial charge in [0.15, 0.2) is 0 Å². The summed E-state index contributed by atoms with van der Waals surface area (Å²) in [5.74, 6) is 0.0853. The molecule has 6 nitrogen and oxygen atoms in total. The smallest absolute Gasteiger partial charge is 0.251 e. The molecule has 2 N–H and O–H groups in total. The number of carbonyl (C=O) groups excluding carboxylic acids is 2. The minimum Gasteiger partial charge on any atom is -0.333 e. The lowest BCUT2D eigenvalue weighted by molar-refractivity contribution is -0.135. The van der Waals surface area contributed by atoms with E-state index in [0.717, 1.165) is 17.7 Å². The summed E-state index contributed by atoms with van der Waals surface area (Å²) >= 11 is 0. The van der Waals surface area contributed by atoms with Crippen LogP contribution in [-0.2, 0) is 16.1 Å². The molecular formula is C14H20N4O2. The van der Waals surface area contributed by atoms with Crippen LogP contribution in [-0.4, -0.2) is 35.9 Å². The van der Waals surface area contributed by atoms with E-state index >= 15 is 0 Å². The second-order valence-electron chi connectivity index (χ2n) is 5.54. The number of rotatable bonds is 3. The van der Waals surface area contributed by atoms with E-state index in [9.17, 15) is 9.59 Å². The lowest BCUT2D eigenvalue weighted by Crippen LogP contribution is -2.64. The number of aromatic nitrogens is 1. The van der Waals surface area contributed by atoms with Crippen LogP contribution in [0.4, 0.5) is 5.82 Å². The van der Waals surface area contributed by atoms with Gasteiger partial charge in [0.1, 0.15) is 11.4 Å². The fourth-order valence-electron chi connectivity index (χ4n) is 2.33. The molecule has 0 radical (unpaired) electrons. The van der Waals surface area contributed by atoms with Crippen LogP contribution in [0.5, 0.6) is 0 Å². The van der Waals surface area contributed by atoms with Gasteiger partial charge in [-0.25, -0.2) is 4.98 Å². The molecule has 1 aromatic rings. The Bertz CT molecular complexity index is 554. The number of hydrogen-bond donors (Lipinski definition) is 2. The van der Waals surface area contributed by atoms with Gasteiger partial charge in [-0.15, -0.1) is 0 Å². The van der Waals surface area contributed by atoms with Crippen LogP contribution in [0.25, 0.3) is 0 Å². The number of piperazine rings is 1. The SMILES string of the molecule is CNCc1cnc(N2CC(=O)NC(=O)C2(C)C)c(C)c1. The lowest BCUT2D eigenvalue weighted by atomic mass is 9.98. The van der Waals surface area contributed by atoms with E-state index in [1.54, 1.807) is 24.9 Å². The van der Waals surface area contributed by atoms with Gasteiger partial charge < -0.3 is 10.2 Å². The first-order chi connectivity index (χ1) is 9.36. The van der Waals surface area contributed by atoms with Gasteiger partial charge in [0.25, 0.3) is 5.91 Å². The lowest BCUT2D eigenvalue weighted by Gasteiger charge is -2.41. The summed E-state index contributed by atoms with van der Waals surface area (Å²) in [4.78, 5) is 29.8. The van der Waals surface area contributed by atoms with E-state index in [0.29, 0.717) is 5.82 Å². The molecule has 0 spiro atoms. The van der Waals surface area contributed by atoms with E-state index in [4.69, 9.17) is 0 Å². The van der Waals surface area contributed by atoms with E-state index < -0.39 is 5.54 Å². The number of pyridine rings is 1. The topological polar surface area (TPSA) is 74.3 Å². The van der Waals surface area contributed by atoms with Crippen LogP contribution in [0.3, 0.4) is 0 Å². The zero-order valence-corrected chi connectivity index (χ0v) is 12.3. The van der Waals surface area contributed by atoms with Crippen LogP contribution in [0, 0.1) is 6.92 Å². The van der Waals surface area contributed by atoms with Crippen LogP contribution in [0.2, 0.25) is 0 Å². The summed E-state index contributed by atoms with van der Waals surface area (Å²) in [5, 5.41) is 5.43. The highest BCUT2D eigenvalue weighted by Gasteiger charge is 2.42. The first-order valence-corrected chi connectivity index (χ1v) is 6.58. The number of aryl methyl sites for hydroxylation is 1. The molecule has 108 valence electrons. The maximum absolute atomic E-state index is 12.0. The van der Waals surface area contributed by atoms with Gasteiger partial charge in [0, 0.05) is 12.7 Å². The highest BCUT2D eigenvalue weighted by molar-refractivity contribution is 6.06. The molecule has 0 atom stereocenters. The molecule has 0 aliphatic carbocycles. The van der Waals surface area contributed by atoms with Gasteiger partial charge in [-0.05, 0) is 45.0 Å². The molecular weight excluding hydrogens is 256 g/mol. The number of anilines is 1. The summed E-state index contributed by atoms with van der Waals surface area (Å²) in [7, 11) is 1.87. The predicted molar refractivity (Wildman–Crippen MR) is 76.3 cm³/mol. The molecule has 0 saturated carbocycles. The summed E-state index contributed by atoms with van der Waals surface area (Å²) in [6.07, 6.45) is 1.77. The minimum absolute atomic E-state index is 0.137. The summed E-state index contributed by atoms with van der Waals surface area (Å²) in [5.41, 5.74) is 1.23. The van der Waals surface area contributed by atoms with Crippen molar-refractivity contribution >= 4 is 17.6 Å². The van der Waals surface area contributed by atoms with E-state index in [2.05, 4.69) is 15.6 Å². The summed E-state index contributed by atoms with van der Waals surface area (Å²) in [6, 6.07) is 2.02. The fourth-order valence-corrected chi connectivity index (χ4v) is 2.33. The molecule has 6 heteroatoms. The Morgan fingerprint density at radius 2 is 2.15 bits per heavy atom. The standard InChI is InChI=1S/C14H20N4O2/c1-9-5-10(6-15-4)7-16-12(9)18-8-11(19)17-13(20)14(18,2)3/h5,7,15H,6,8H2,1-4H3,(H,17,19,20). The second kappa shape index (κ2) is 5.20. The van der Waals surface area contributed by atoms with Gasteiger partial charge in [0.2, 0.25) is 5.91 Å². The van der Waals surface area contributed by atoms with Crippen molar-refractivity contribution in [1.29, 1.82) is 0 Å². The van der Waals surface area contributed by atoms with Crippen LogP contribution < -0.4 is 15.5 Å². The third kappa shape index (κ3) is 2.51. The summed E-state index contributed by atoms with van der Waals surface area (Å²) in [6.45, 7) is 6.39. The summed E-state index contributed by atoms with van der Waals surface area (Å²) < 4.78 is 0. The Morgan fingerprint density at radius 1 is 1.45 bits per heavy atom. The van der Waals surface area contributed by atoms with Crippen LogP contribution in [0.1, 0.15) is 25.0 Å². The largest absolute Gasteiger partial charge is 0.333 e. The van der Waals surface area contributed by atoms with Gasteiger partial charge in [-0.2, -0.15) is 0 Å². The maximum atomic E-state index is 12.0. The van der Waals surface area contributed by atoms with Gasteiger partial charge >= 0.3 is 0 Å². The number of hydrogen-bond acceptors (Lipinski definition) is 5. The van der Waals surface area contributed by atoms with Gasteiger partial charge in [-0.3, -0.25) is 14.9 Å². The quantitative estimate of drug-likeness (QED) is 0.779. The molecule has 0 bridgehead atoms. The Kier molecular flexibility index (Phi) is 3.76. The molecule has 2 rings (SSSR count). The first-order valence-electron chi connectivity index (χ1n) is 6.58. The third-order valence-corrected chi connectivity index (χ3v) is 3.53. The van der Waals surface area contributed by atoms with Crippen molar-refractivity contribution in [2.24, 2.45) is 0 Å². The van der Waals surface area contributed by atoms with E-state index in [-0.39, 0.29) is 18.4 Å². The normalized spacial score (nSPS) is 18.1. The van der Waals surface area contributed by atoms with Crippen molar-refractivity contribution in [2.75, 3.05) is 18.5 Å². The molecule has 1 aliphatic rings. The van der Waals surface area contributed by atoms with Crippen molar-refractivity contribution in [3.05, 3.63) is 23.4 Å². The fraction of sp³-hybridized carbons (Fsp3) is 0.500.